The molecule has 0 aliphatic heterocycles. The fraction of sp³-hybridized carbons (Fsp3) is 0.667. The topological polar surface area (TPSA) is 59.4 Å². The standard InChI is InChI=1S/C12H19NO3S/c1-5-12(6-2,16-7-3)11-13-8(4)9(17-11)10(14)15/h5-7H2,1-4H3,(H,14,15). The van der Waals surface area contributed by atoms with Gasteiger partial charge in [0.2, 0.25) is 0 Å². The summed E-state index contributed by atoms with van der Waals surface area (Å²) in [5, 5.41) is 9.83. The lowest BCUT2D eigenvalue weighted by Gasteiger charge is -2.29. The van der Waals surface area contributed by atoms with Crippen LogP contribution in [-0.4, -0.2) is 22.7 Å². The zero-order valence-electron chi connectivity index (χ0n) is 10.7. The van der Waals surface area contributed by atoms with Crippen molar-refractivity contribution in [3.05, 3.63) is 15.6 Å². The van der Waals surface area contributed by atoms with Crippen molar-refractivity contribution < 1.29 is 14.6 Å². The van der Waals surface area contributed by atoms with Gasteiger partial charge in [0.1, 0.15) is 15.5 Å². The number of hydrogen-bond acceptors (Lipinski definition) is 4. The van der Waals surface area contributed by atoms with Crippen molar-refractivity contribution in [2.24, 2.45) is 0 Å². The van der Waals surface area contributed by atoms with E-state index in [9.17, 15) is 4.79 Å². The van der Waals surface area contributed by atoms with Crippen LogP contribution in [0.3, 0.4) is 0 Å². The van der Waals surface area contributed by atoms with E-state index >= 15 is 0 Å². The number of thiazole rings is 1. The molecule has 5 heteroatoms. The van der Waals surface area contributed by atoms with Crippen molar-refractivity contribution in [1.29, 1.82) is 0 Å². The Kier molecular flexibility index (Phi) is 4.65. The van der Waals surface area contributed by atoms with Gasteiger partial charge in [-0.05, 0) is 26.7 Å². The summed E-state index contributed by atoms with van der Waals surface area (Å²) in [4.78, 5) is 15.7. The molecule has 0 aromatic carbocycles. The highest BCUT2D eigenvalue weighted by Crippen LogP contribution is 2.36. The Labute approximate surface area is 106 Å². The molecule has 1 rings (SSSR count). The number of carboxylic acid groups (broad SMARTS) is 1. The number of rotatable bonds is 6. The number of carbonyl (C=O) groups is 1. The highest BCUT2D eigenvalue weighted by molar-refractivity contribution is 7.13. The second-order valence-corrected chi connectivity index (χ2v) is 4.87. The highest BCUT2D eigenvalue weighted by atomic mass is 32.1. The Morgan fingerprint density at radius 1 is 1.41 bits per heavy atom. The molecule has 0 atom stereocenters. The lowest BCUT2D eigenvalue weighted by Crippen LogP contribution is -2.28. The average Bonchev–Trinajstić information content (AvgIpc) is 2.69. The second-order valence-electron chi connectivity index (χ2n) is 3.87. The van der Waals surface area contributed by atoms with Gasteiger partial charge in [0, 0.05) is 6.61 Å². The van der Waals surface area contributed by atoms with Gasteiger partial charge in [0.05, 0.1) is 5.69 Å². The normalized spacial score (nSPS) is 11.8. The summed E-state index contributed by atoms with van der Waals surface area (Å²) in [5.41, 5.74) is 0.140. The fourth-order valence-corrected chi connectivity index (χ4v) is 3.07. The van der Waals surface area contributed by atoms with Crippen LogP contribution in [0.5, 0.6) is 0 Å². The van der Waals surface area contributed by atoms with Gasteiger partial charge >= 0.3 is 5.97 Å². The van der Waals surface area contributed by atoms with Crippen molar-refractivity contribution >= 4 is 17.3 Å². The first-order chi connectivity index (χ1) is 8.00. The zero-order valence-corrected chi connectivity index (χ0v) is 11.6. The van der Waals surface area contributed by atoms with Crippen molar-refractivity contribution in [2.75, 3.05) is 6.61 Å². The molecule has 1 N–H and O–H groups in total. The molecule has 0 aliphatic carbocycles. The number of hydrogen-bond donors (Lipinski definition) is 1. The van der Waals surface area contributed by atoms with Crippen LogP contribution in [0.4, 0.5) is 0 Å². The van der Waals surface area contributed by atoms with Crippen LogP contribution in [0, 0.1) is 6.92 Å². The quantitative estimate of drug-likeness (QED) is 0.850. The second kappa shape index (κ2) is 5.60. The van der Waals surface area contributed by atoms with Gasteiger partial charge < -0.3 is 9.84 Å². The van der Waals surface area contributed by atoms with Crippen LogP contribution in [0.2, 0.25) is 0 Å². The summed E-state index contributed by atoms with van der Waals surface area (Å²) in [5.74, 6) is -0.913. The van der Waals surface area contributed by atoms with Crippen molar-refractivity contribution in [3.8, 4) is 0 Å². The molecule has 96 valence electrons. The third-order valence-electron chi connectivity index (χ3n) is 2.94. The number of aromatic carboxylic acids is 1. The third kappa shape index (κ3) is 2.66. The number of aryl methyl sites for hydroxylation is 1. The molecule has 0 saturated carbocycles. The van der Waals surface area contributed by atoms with E-state index in [2.05, 4.69) is 4.98 Å². The largest absolute Gasteiger partial charge is 0.477 e. The minimum absolute atomic E-state index is 0.311. The molecule has 0 aliphatic rings. The lowest BCUT2D eigenvalue weighted by molar-refractivity contribution is -0.0507. The van der Waals surface area contributed by atoms with Crippen LogP contribution in [0.15, 0.2) is 0 Å². The van der Waals surface area contributed by atoms with Crippen LogP contribution >= 0.6 is 11.3 Å². The Balaban J connectivity index is 3.19. The first kappa shape index (κ1) is 14.1. The number of carboxylic acids is 1. The van der Waals surface area contributed by atoms with Crippen LogP contribution < -0.4 is 0 Å². The van der Waals surface area contributed by atoms with E-state index in [1.807, 2.05) is 20.8 Å². The number of nitrogens with zero attached hydrogens (tertiary/aromatic N) is 1. The minimum Gasteiger partial charge on any atom is -0.477 e. The first-order valence-electron chi connectivity index (χ1n) is 5.85. The summed E-state index contributed by atoms with van der Waals surface area (Å²) in [6.45, 7) is 8.35. The average molecular weight is 257 g/mol. The van der Waals surface area contributed by atoms with Gasteiger partial charge in [-0.15, -0.1) is 11.3 Å². The smallest absolute Gasteiger partial charge is 0.347 e. The number of aromatic nitrogens is 1. The molecule has 0 spiro atoms. The summed E-state index contributed by atoms with van der Waals surface area (Å²) in [6.07, 6.45) is 1.59. The van der Waals surface area contributed by atoms with Gasteiger partial charge in [0.25, 0.3) is 0 Å². The maximum Gasteiger partial charge on any atom is 0.347 e. The zero-order chi connectivity index (χ0) is 13.1. The molecule has 0 saturated heterocycles. The molecule has 4 nitrogen and oxygen atoms in total. The van der Waals surface area contributed by atoms with E-state index in [0.717, 1.165) is 17.8 Å². The molecule has 1 heterocycles. The van der Waals surface area contributed by atoms with Crippen LogP contribution in [0.25, 0.3) is 0 Å². The van der Waals surface area contributed by atoms with E-state index < -0.39 is 11.6 Å². The summed E-state index contributed by atoms with van der Waals surface area (Å²) >= 11 is 1.23. The fourth-order valence-electron chi connectivity index (χ4n) is 1.88. The van der Waals surface area contributed by atoms with Crippen molar-refractivity contribution in [3.63, 3.8) is 0 Å². The van der Waals surface area contributed by atoms with E-state index in [-0.39, 0.29) is 0 Å². The Morgan fingerprint density at radius 3 is 2.35 bits per heavy atom. The molecule has 0 radical (unpaired) electrons. The van der Waals surface area contributed by atoms with Crippen LogP contribution in [0.1, 0.15) is 54.0 Å². The predicted molar refractivity (Wildman–Crippen MR) is 67.7 cm³/mol. The molecule has 0 bridgehead atoms. The van der Waals surface area contributed by atoms with E-state index in [1.54, 1.807) is 6.92 Å². The third-order valence-corrected chi connectivity index (χ3v) is 4.27. The first-order valence-corrected chi connectivity index (χ1v) is 6.67. The number of ether oxygens (including phenoxy) is 1. The molecule has 0 amide bonds. The highest BCUT2D eigenvalue weighted by Gasteiger charge is 2.33. The van der Waals surface area contributed by atoms with Crippen molar-refractivity contribution in [1.82, 2.24) is 4.98 Å². The van der Waals surface area contributed by atoms with E-state index in [0.29, 0.717) is 17.2 Å². The summed E-state index contributed by atoms with van der Waals surface area (Å²) in [6, 6.07) is 0. The SMILES string of the molecule is CCOC(CC)(CC)c1nc(C)c(C(=O)O)s1. The van der Waals surface area contributed by atoms with Gasteiger partial charge in [-0.1, -0.05) is 13.8 Å². The summed E-state index contributed by atoms with van der Waals surface area (Å²) in [7, 11) is 0. The van der Waals surface area contributed by atoms with Crippen LogP contribution in [-0.2, 0) is 10.3 Å². The Bertz CT molecular complexity index is 396. The lowest BCUT2D eigenvalue weighted by atomic mass is 9.98. The molecule has 0 fully saturated rings. The molecule has 1 aromatic rings. The minimum atomic E-state index is -0.913. The molecule has 0 unspecified atom stereocenters. The van der Waals surface area contributed by atoms with E-state index in [1.165, 1.54) is 11.3 Å². The Hall–Kier alpha value is -0.940. The molecule has 17 heavy (non-hydrogen) atoms. The maximum absolute atomic E-state index is 11.0. The van der Waals surface area contributed by atoms with Gasteiger partial charge in [0.15, 0.2) is 0 Å². The predicted octanol–water partition coefficient (Wildman–Crippen LogP) is 3.20. The summed E-state index contributed by atoms with van der Waals surface area (Å²) < 4.78 is 5.82. The monoisotopic (exact) mass is 257 g/mol. The van der Waals surface area contributed by atoms with E-state index in [4.69, 9.17) is 9.84 Å². The maximum atomic E-state index is 11.0. The van der Waals surface area contributed by atoms with Crippen molar-refractivity contribution in [2.45, 2.75) is 46.1 Å². The van der Waals surface area contributed by atoms with Gasteiger partial charge in [-0.25, -0.2) is 9.78 Å². The molecule has 1 aromatic heterocycles. The Morgan fingerprint density at radius 2 is 2.00 bits per heavy atom. The van der Waals surface area contributed by atoms with Gasteiger partial charge in [-0.3, -0.25) is 0 Å². The molecular formula is C12H19NO3S. The van der Waals surface area contributed by atoms with Gasteiger partial charge in [-0.2, -0.15) is 0 Å². The molecular weight excluding hydrogens is 238 g/mol.